The summed E-state index contributed by atoms with van der Waals surface area (Å²) in [6.07, 6.45) is 3.18. The molecule has 0 aliphatic heterocycles. The highest BCUT2D eigenvalue weighted by Crippen LogP contribution is 2.28. The van der Waals surface area contributed by atoms with Crippen molar-refractivity contribution in [1.29, 1.82) is 0 Å². The molecule has 0 saturated heterocycles. The Morgan fingerprint density at radius 1 is 1.65 bits per heavy atom. The molecule has 0 radical (unpaired) electrons. The molecule has 1 N–H and O–H groups in total. The fourth-order valence-corrected chi connectivity index (χ4v) is 2.73. The van der Waals surface area contributed by atoms with Gasteiger partial charge in [0.25, 0.3) is 5.91 Å². The van der Waals surface area contributed by atoms with Gasteiger partial charge in [0.1, 0.15) is 5.69 Å². The van der Waals surface area contributed by atoms with E-state index in [1.165, 1.54) is 0 Å². The van der Waals surface area contributed by atoms with Crippen LogP contribution in [0.15, 0.2) is 6.07 Å². The molecule has 17 heavy (non-hydrogen) atoms. The molecule has 1 saturated carbocycles. The van der Waals surface area contributed by atoms with Crippen LogP contribution < -0.4 is 5.32 Å². The van der Waals surface area contributed by atoms with Crippen molar-refractivity contribution in [2.45, 2.75) is 31.6 Å². The van der Waals surface area contributed by atoms with Gasteiger partial charge in [0, 0.05) is 19.0 Å². The first-order valence-corrected chi connectivity index (χ1v) is 6.43. The Labute approximate surface area is 106 Å². The summed E-state index contributed by atoms with van der Waals surface area (Å²) in [6.45, 7) is 2.60. The minimum atomic E-state index is -0.0499. The van der Waals surface area contributed by atoms with Crippen LogP contribution >= 0.6 is 11.6 Å². The van der Waals surface area contributed by atoms with E-state index in [1.807, 2.05) is 6.92 Å². The second-order valence-corrected chi connectivity index (χ2v) is 5.40. The lowest BCUT2D eigenvalue weighted by Gasteiger charge is -2.10. The lowest BCUT2D eigenvalue weighted by Crippen LogP contribution is -2.30. The Hall–Kier alpha value is -1.03. The molecule has 5 heteroatoms. The highest BCUT2D eigenvalue weighted by atomic mass is 35.5. The maximum atomic E-state index is 11.9. The predicted octanol–water partition coefficient (Wildman–Crippen LogP) is 1.87. The number of nitrogens with zero attached hydrogens (tertiary/aromatic N) is 2. The van der Waals surface area contributed by atoms with E-state index in [0.717, 1.165) is 25.0 Å². The fraction of sp³-hybridized carbons (Fsp3) is 0.667. The number of nitrogens with one attached hydrogen (secondary N) is 1. The number of alkyl halides is 1. The molecule has 1 heterocycles. The zero-order valence-corrected chi connectivity index (χ0v) is 11.0. The van der Waals surface area contributed by atoms with Crippen LogP contribution in [0.4, 0.5) is 0 Å². The summed E-state index contributed by atoms with van der Waals surface area (Å²) in [5.74, 6) is 0.474. The minimum absolute atomic E-state index is 0.0499. The maximum Gasteiger partial charge on any atom is 0.269 e. The van der Waals surface area contributed by atoms with Gasteiger partial charge in [-0.25, -0.2) is 0 Å². The Morgan fingerprint density at radius 2 is 2.41 bits per heavy atom. The van der Waals surface area contributed by atoms with Gasteiger partial charge in [-0.1, -0.05) is 0 Å². The van der Waals surface area contributed by atoms with Gasteiger partial charge < -0.3 is 5.32 Å². The van der Waals surface area contributed by atoms with Crippen LogP contribution in [-0.4, -0.2) is 27.6 Å². The SMILES string of the molecule is Cc1cc(C(=O)NCC2CCC(Cl)C2)n(C)n1. The molecule has 0 bridgehead atoms. The molecule has 94 valence electrons. The maximum absolute atomic E-state index is 11.9. The van der Waals surface area contributed by atoms with Crippen molar-refractivity contribution in [3.05, 3.63) is 17.5 Å². The first-order valence-electron chi connectivity index (χ1n) is 5.99. The number of aryl methyl sites for hydroxylation is 2. The summed E-state index contributed by atoms with van der Waals surface area (Å²) in [4.78, 5) is 11.9. The first kappa shape index (κ1) is 12.4. The number of carbonyl (C=O) groups is 1. The molecule has 1 aromatic rings. The van der Waals surface area contributed by atoms with Crippen molar-refractivity contribution >= 4 is 17.5 Å². The van der Waals surface area contributed by atoms with Gasteiger partial charge in [0.15, 0.2) is 0 Å². The summed E-state index contributed by atoms with van der Waals surface area (Å²) < 4.78 is 1.61. The monoisotopic (exact) mass is 255 g/mol. The summed E-state index contributed by atoms with van der Waals surface area (Å²) in [5, 5.41) is 7.40. The van der Waals surface area contributed by atoms with Crippen molar-refractivity contribution in [2.75, 3.05) is 6.54 Å². The van der Waals surface area contributed by atoms with Gasteiger partial charge in [0.05, 0.1) is 5.69 Å². The van der Waals surface area contributed by atoms with E-state index in [2.05, 4.69) is 10.4 Å². The summed E-state index contributed by atoms with van der Waals surface area (Å²) in [7, 11) is 1.78. The number of carbonyl (C=O) groups excluding carboxylic acids is 1. The van der Waals surface area contributed by atoms with Gasteiger partial charge in [-0.15, -0.1) is 11.6 Å². The summed E-state index contributed by atoms with van der Waals surface area (Å²) in [6, 6.07) is 1.80. The van der Waals surface area contributed by atoms with E-state index < -0.39 is 0 Å². The molecule has 1 amide bonds. The van der Waals surface area contributed by atoms with Crippen LogP contribution in [0, 0.1) is 12.8 Å². The molecule has 1 aliphatic carbocycles. The van der Waals surface area contributed by atoms with E-state index in [0.29, 0.717) is 18.2 Å². The van der Waals surface area contributed by atoms with E-state index in [9.17, 15) is 4.79 Å². The molecule has 2 atom stereocenters. The molecule has 2 unspecified atom stereocenters. The number of amides is 1. The Bertz CT molecular complexity index is 416. The van der Waals surface area contributed by atoms with E-state index in [-0.39, 0.29) is 11.3 Å². The second kappa shape index (κ2) is 5.08. The topological polar surface area (TPSA) is 46.9 Å². The summed E-state index contributed by atoms with van der Waals surface area (Å²) >= 11 is 6.04. The molecular formula is C12H18ClN3O. The van der Waals surface area contributed by atoms with Gasteiger partial charge in [-0.05, 0) is 38.2 Å². The van der Waals surface area contributed by atoms with E-state index in [4.69, 9.17) is 11.6 Å². The fourth-order valence-electron chi connectivity index (χ4n) is 2.35. The van der Waals surface area contributed by atoms with E-state index >= 15 is 0 Å². The number of hydrogen-bond donors (Lipinski definition) is 1. The Kier molecular flexibility index (Phi) is 3.72. The average molecular weight is 256 g/mol. The van der Waals surface area contributed by atoms with Gasteiger partial charge in [-0.2, -0.15) is 5.10 Å². The quantitative estimate of drug-likeness (QED) is 0.839. The predicted molar refractivity (Wildman–Crippen MR) is 67.3 cm³/mol. The van der Waals surface area contributed by atoms with Crippen LogP contribution in [0.1, 0.15) is 35.4 Å². The molecule has 1 aliphatic rings. The Morgan fingerprint density at radius 3 is 2.94 bits per heavy atom. The van der Waals surface area contributed by atoms with Crippen molar-refractivity contribution in [1.82, 2.24) is 15.1 Å². The first-order chi connectivity index (χ1) is 8.06. The molecule has 1 aromatic heterocycles. The number of rotatable bonds is 3. The number of hydrogen-bond acceptors (Lipinski definition) is 2. The third kappa shape index (κ3) is 3.00. The van der Waals surface area contributed by atoms with Gasteiger partial charge in [0.2, 0.25) is 0 Å². The molecule has 2 rings (SSSR count). The van der Waals surface area contributed by atoms with E-state index in [1.54, 1.807) is 17.8 Å². The van der Waals surface area contributed by atoms with Crippen LogP contribution in [0.3, 0.4) is 0 Å². The third-order valence-corrected chi connectivity index (χ3v) is 3.66. The lowest BCUT2D eigenvalue weighted by atomic mass is 10.1. The highest BCUT2D eigenvalue weighted by Gasteiger charge is 2.23. The van der Waals surface area contributed by atoms with Crippen molar-refractivity contribution in [3.8, 4) is 0 Å². The lowest BCUT2D eigenvalue weighted by molar-refractivity contribution is 0.0938. The molecule has 0 spiro atoms. The van der Waals surface area contributed by atoms with Crippen LogP contribution in [-0.2, 0) is 7.05 Å². The van der Waals surface area contributed by atoms with Gasteiger partial charge in [-0.3, -0.25) is 9.48 Å². The van der Waals surface area contributed by atoms with Crippen LogP contribution in [0.2, 0.25) is 0 Å². The third-order valence-electron chi connectivity index (χ3n) is 3.26. The van der Waals surface area contributed by atoms with Gasteiger partial charge >= 0.3 is 0 Å². The van der Waals surface area contributed by atoms with Crippen molar-refractivity contribution in [2.24, 2.45) is 13.0 Å². The normalized spacial score (nSPS) is 23.9. The highest BCUT2D eigenvalue weighted by molar-refractivity contribution is 6.20. The molecule has 4 nitrogen and oxygen atoms in total. The Balaban J connectivity index is 1.87. The van der Waals surface area contributed by atoms with Crippen molar-refractivity contribution in [3.63, 3.8) is 0 Å². The minimum Gasteiger partial charge on any atom is -0.350 e. The number of aromatic nitrogens is 2. The van der Waals surface area contributed by atoms with Crippen LogP contribution in [0.25, 0.3) is 0 Å². The molecule has 0 aromatic carbocycles. The van der Waals surface area contributed by atoms with Crippen molar-refractivity contribution < 1.29 is 4.79 Å². The molecule has 1 fully saturated rings. The zero-order valence-electron chi connectivity index (χ0n) is 10.2. The molecular weight excluding hydrogens is 238 g/mol. The standard InChI is InChI=1S/C12H18ClN3O/c1-8-5-11(16(2)15-8)12(17)14-7-9-3-4-10(13)6-9/h5,9-10H,3-4,6-7H2,1-2H3,(H,14,17). The average Bonchev–Trinajstić information content (AvgIpc) is 2.81. The summed E-state index contributed by atoms with van der Waals surface area (Å²) in [5.41, 5.74) is 1.47. The number of halogens is 1. The smallest absolute Gasteiger partial charge is 0.269 e. The largest absolute Gasteiger partial charge is 0.350 e. The second-order valence-electron chi connectivity index (χ2n) is 4.78. The zero-order chi connectivity index (χ0) is 12.4. The van der Waals surface area contributed by atoms with Crippen LogP contribution in [0.5, 0.6) is 0 Å².